The molecule has 2 aromatic carbocycles. The van der Waals surface area contributed by atoms with Gasteiger partial charge in [-0.25, -0.2) is 8.42 Å². The van der Waals surface area contributed by atoms with Crippen LogP contribution in [0.2, 0.25) is 0 Å². The average Bonchev–Trinajstić information content (AvgIpc) is 2.78. The Labute approximate surface area is 217 Å². The van der Waals surface area contributed by atoms with Crippen molar-refractivity contribution in [2.24, 2.45) is 0 Å². The van der Waals surface area contributed by atoms with Gasteiger partial charge in [0.1, 0.15) is 12.6 Å². The van der Waals surface area contributed by atoms with Crippen molar-refractivity contribution in [3.8, 4) is 0 Å². The maximum Gasteiger partial charge on any atom is 0.244 e. The third kappa shape index (κ3) is 7.97. The lowest BCUT2D eigenvalue weighted by Crippen LogP contribution is -2.52. The second kappa shape index (κ2) is 13.1. The number of benzene rings is 2. The fourth-order valence-corrected chi connectivity index (χ4v) is 4.83. The van der Waals surface area contributed by atoms with E-state index < -0.39 is 22.0 Å². The van der Waals surface area contributed by atoms with Crippen molar-refractivity contribution < 1.29 is 18.0 Å². The first kappa shape index (κ1) is 28.1. The molecule has 0 aliphatic rings. The number of rotatable bonds is 12. The monoisotopic (exact) mass is 599 g/mol. The van der Waals surface area contributed by atoms with Gasteiger partial charge in [0.05, 0.1) is 11.9 Å². The molecule has 7 nitrogen and oxygen atoms in total. The third-order valence-electron chi connectivity index (χ3n) is 5.61. The molecule has 0 heterocycles. The maximum atomic E-state index is 13.6. The van der Waals surface area contributed by atoms with Gasteiger partial charge in [-0.2, -0.15) is 0 Å². The minimum atomic E-state index is -3.73. The molecular weight excluding hydrogens is 565 g/mol. The van der Waals surface area contributed by atoms with Crippen LogP contribution in [0.25, 0.3) is 0 Å². The number of amides is 2. The minimum absolute atomic E-state index is 0.218. The minimum Gasteiger partial charge on any atom is -0.354 e. The summed E-state index contributed by atoms with van der Waals surface area (Å²) in [6.07, 6.45) is 3.29. The van der Waals surface area contributed by atoms with Gasteiger partial charge in [-0.15, -0.1) is 0 Å². The van der Waals surface area contributed by atoms with Gasteiger partial charge >= 0.3 is 0 Å². The number of carbonyl (C=O) groups is 2. The van der Waals surface area contributed by atoms with Crippen molar-refractivity contribution in [2.45, 2.75) is 52.6 Å². The molecule has 1 atom stereocenters. The van der Waals surface area contributed by atoms with Crippen LogP contribution >= 0.6 is 22.6 Å². The molecule has 0 spiro atoms. The summed E-state index contributed by atoms with van der Waals surface area (Å²) in [5, 5.41) is 2.93. The molecule has 0 aliphatic carbocycles. The first-order chi connectivity index (χ1) is 16.1. The Balaban J connectivity index is 2.40. The Morgan fingerprint density at radius 1 is 1.06 bits per heavy atom. The van der Waals surface area contributed by atoms with E-state index in [4.69, 9.17) is 0 Å². The number of unbranched alkanes of at least 4 members (excludes halogenated alkanes) is 1. The highest BCUT2D eigenvalue weighted by Gasteiger charge is 2.31. The topological polar surface area (TPSA) is 86.8 Å². The second-order valence-electron chi connectivity index (χ2n) is 8.26. The molecule has 0 bridgehead atoms. The van der Waals surface area contributed by atoms with E-state index >= 15 is 0 Å². The van der Waals surface area contributed by atoms with Gasteiger partial charge in [0, 0.05) is 16.7 Å². The Kier molecular flexibility index (Phi) is 10.8. The summed E-state index contributed by atoms with van der Waals surface area (Å²) >= 11 is 2.14. The lowest BCUT2D eigenvalue weighted by Gasteiger charge is -2.33. The molecule has 2 amide bonds. The van der Waals surface area contributed by atoms with Crippen LogP contribution in [0, 0.1) is 10.5 Å². The molecule has 2 aromatic rings. The number of hydrogen-bond donors (Lipinski definition) is 1. The highest BCUT2D eigenvalue weighted by molar-refractivity contribution is 14.1. The number of hydrogen-bond acceptors (Lipinski definition) is 4. The van der Waals surface area contributed by atoms with Gasteiger partial charge in [0.2, 0.25) is 21.8 Å². The number of aryl methyl sites for hydroxylation is 1. The zero-order valence-corrected chi connectivity index (χ0v) is 23.2. The molecule has 0 radical (unpaired) electrons. The summed E-state index contributed by atoms with van der Waals surface area (Å²) in [5.74, 6) is -0.650. The standard InChI is InChI=1S/C25H34IN3O4S/c1-5-7-16-27-25(31)23(6-2)28(17-20-11-9-8-10-19(20)3)24(30)18-29(34(4,32)33)22-14-12-21(26)13-15-22/h8-15,23H,5-7,16-18H2,1-4H3,(H,27,31). The van der Waals surface area contributed by atoms with Gasteiger partial charge in [0.25, 0.3) is 0 Å². The van der Waals surface area contributed by atoms with Gasteiger partial charge < -0.3 is 10.2 Å². The normalized spacial score (nSPS) is 12.1. The SMILES string of the molecule is CCCCNC(=O)C(CC)N(Cc1ccccc1C)C(=O)CN(c1ccc(I)cc1)S(C)(=O)=O. The lowest BCUT2D eigenvalue weighted by atomic mass is 10.1. The summed E-state index contributed by atoms with van der Waals surface area (Å²) in [6.45, 7) is 6.22. The van der Waals surface area contributed by atoms with Crippen molar-refractivity contribution >= 4 is 50.1 Å². The molecule has 0 saturated heterocycles. The summed E-state index contributed by atoms with van der Waals surface area (Å²) < 4.78 is 27.3. The molecule has 1 unspecified atom stereocenters. The number of halogens is 1. The molecule has 0 saturated carbocycles. The maximum absolute atomic E-state index is 13.6. The molecule has 186 valence electrons. The molecule has 0 aromatic heterocycles. The Hall–Kier alpha value is -2.14. The van der Waals surface area contributed by atoms with E-state index in [0.29, 0.717) is 18.7 Å². The number of nitrogens with one attached hydrogen (secondary N) is 1. The first-order valence-electron chi connectivity index (χ1n) is 11.4. The van der Waals surface area contributed by atoms with Crippen molar-refractivity contribution in [1.29, 1.82) is 0 Å². The predicted octanol–water partition coefficient (Wildman–Crippen LogP) is 4.09. The van der Waals surface area contributed by atoms with Gasteiger partial charge in [-0.05, 0) is 77.7 Å². The largest absolute Gasteiger partial charge is 0.354 e. The first-order valence-corrected chi connectivity index (χ1v) is 14.4. The average molecular weight is 600 g/mol. The summed E-state index contributed by atoms with van der Waals surface area (Å²) in [5.41, 5.74) is 2.32. The van der Waals surface area contributed by atoms with E-state index in [-0.39, 0.29) is 19.0 Å². The number of carbonyl (C=O) groups excluding carboxylic acids is 2. The summed E-state index contributed by atoms with van der Waals surface area (Å²) in [4.78, 5) is 28.2. The van der Waals surface area contributed by atoms with E-state index in [9.17, 15) is 18.0 Å². The van der Waals surface area contributed by atoms with Crippen LogP contribution in [0.1, 0.15) is 44.2 Å². The van der Waals surface area contributed by atoms with Crippen molar-refractivity contribution in [1.82, 2.24) is 10.2 Å². The quantitative estimate of drug-likeness (QED) is 0.294. The second-order valence-corrected chi connectivity index (χ2v) is 11.4. The highest BCUT2D eigenvalue weighted by atomic mass is 127. The predicted molar refractivity (Wildman–Crippen MR) is 145 cm³/mol. The summed E-state index contributed by atoms with van der Waals surface area (Å²) in [7, 11) is -3.73. The van der Waals surface area contributed by atoms with Crippen molar-refractivity contribution in [3.63, 3.8) is 0 Å². The van der Waals surface area contributed by atoms with Gasteiger partial charge in [-0.1, -0.05) is 44.5 Å². The molecule has 34 heavy (non-hydrogen) atoms. The molecule has 9 heteroatoms. The zero-order valence-electron chi connectivity index (χ0n) is 20.3. The van der Waals surface area contributed by atoms with Crippen LogP contribution in [0.15, 0.2) is 48.5 Å². The van der Waals surface area contributed by atoms with E-state index in [1.54, 1.807) is 24.3 Å². The fourth-order valence-electron chi connectivity index (χ4n) is 3.62. The van der Waals surface area contributed by atoms with Crippen LogP contribution < -0.4 is 9.62 Å². The van der Waals surface area contributed by atoms with E-state index in [2.05, 4.69) is 27.9 Å². The number of anilines is 1. The van der Waals surface area contributed by atoms with Crippen LogP contribution in [-0.4, -0.2) is 50.5 Å². The molecule has 2 rings (SSSR count). The van der Waals surface area contributed by atoms with Crippen LogP contribution in [0.5, 0.6) is 0 Å². The van der Waals surface area contributed by atoms with E-state index in [0.717, 1.165) is 38.1 Å². The molecular formula is C25H34IN3O4S. The zero-order chi connectivity index (χ0) is 25.3. The Morgan fingerprint density at radius 3 is 2.26 bits per heavy atom. The van der Waals surface area contributed by atoms with Gasteiger partial charge in [0.15, 0.2) is 0 Å². The third-order valence-corrected chi connectivity index (χ3v) is 7.47. The van der Waals surface area contributed by atoms with E-state index in [1.807, 2.05) is 45.0 Å². The summed E-state index contributed by atoms with van der Waals surface area (Å²) in [6, 6.07) is 13.9. The number of nitrogens with zero attached hydrogens (tertiary/aromatic N) is 2. The molecule has 0 fully saturated rings. The van der Waals surface area contributed by atoms with Crippen LogP contribution in [-0.2, 0) is 26.2 Å². The highest BCUT2D eigenvalue weighted by Crippen LogP contribution is 2.21. The lowest BCUT2D eigenvalue weighted by molar-refractivity contribution is -0.140. The molecule has 1 N–H and O–H groups in total. The van der Waals surface area contributed by atoms with Crippen molar-refractivity contribution in [2.75, 3.05) is 23.7 Å². The Bertz CT molecular complexity index is 1070. The molecule has 0 aliphatic heterocycles. The van der Waals surface area contributed by atoms with Crippen LogP contribution in [0.3, 0.4) is 0 Å². The van der Waals surface area contributed by atoms with Crippen LogP contribution in [0.4, 0.5) is 5.69 Å². The van der Waals surface area contributed by atoms with Gasteiger partial charge in [-0.3, -0.25) is 13.9 Å². The fraction of sp³-hybridized carbons (Fsp3) is 0.440. The Morgan fingerprint density at radius 2 is 1.71 bits per heavy atom. The smallest absolute Gasteiger partial charge is 0.244 e. The van der Waals surface area contributed by atoms with E-state index in [1.165, 1.54) is 4.90 Å². The number of sulfonamides is 1. The van der Waals surface area contributed by atoms with Crippen molar-refractivity contribution in [3.05, 3.63) is 63.2 Å².